The number of amides is 2. The van der Waals surface area contributed by atoms with Crippen LogP contribution < -0.4 is 5.32 Å². The fourth-order valence-corrected chi connectivity index (χ4v) is 2.70. The standard InChI is InChI=1S/C13H14N2O4S/c1-8-2-3-9(13(18)19)4-10(8)14-11(16)5-15-7-20-6-12(15)17/h2-4H,5-7H2,1H3,(H,14,16)(H,18,19). The highest BCUT2D eigenvalue weighted by molar-refractivity contribution is 8.00. The molecule has 2 amide bonds. The second-order valence-corrected chi connectivity index (χ2v) is 5.41. The van der Waals surface area contributed by atoms with Crippen molar-refractivity contribution in [2.24, 2.45) is 0 Å². The Morgan fingerprint density at radius 2 is 2.20 bits per heavy atom. The van der Waals surface area contributed by atoms with Gasteiger partial charge in [0.25, 0.3) is 0 Å². The van der Waals surface area contributed by atoms with Gasteiger partial charge in [0, 0.05) is 5.69 Å². The van der Waals surface area contributed by atoms with Crippen LogP contribution in [0.4, 0.5) is 5.69 Å². The summed E-state index contributed by atoms with van der Waals surface area (Å²) in [5.41, 5.74) is 1.33. The third-order valence-corrected chi connectivity index (χ3v) is 3.86. The molecule has 1 fully saturated rings. The van der Waals surface area contributed by atoms with Crippen molar-refractivity contribution in [1.29, 1.82) is 0 Å². The quantitative estimate of drug-likeness (QED) is 0.870. The summed E-state index contributed by atoms with van der Waals surface area (Å²) in [6.45, 7) is 1.76. The van der Waals surface area contributed by atoms with E-state index in [4.69, 9.17) is 5.11 Å². The summed E-state index contributed by atoms with van der Waals surface area (Å²) >= 11 is 1.47. The average Bonchev–Trinajstić information content (AvgIpc) is 2.77. The average molecular weight is 294 g/mol. The Hall–Kier alpha value is -2.02. The first kappa shape index (κ1) is 14.4. The van der Waals surface area contributed by atoms with Crippen LogP contribution in [0, 0.1) is 6.92 Å². The third kappa shape index (κ3) is 3.30. The summed E-state index contributed by atoms with van der Waals surface area (Å²) in [6.07, 6.45) is 0. The zero-order valence-electron chi connectivity index (χ0n) is 10.9. The summed E-state index contributed by atoms with van der Waals surface area (Å²) in [7, 11) is 0. The number of nitrogens with one attached hydrogen (secondary N) is 1. The van der Waals surface area contributed by atoms with E-state index in [1.165, 1.54) is 28.8 Å². The Morgan fingerprint density at radius 3 is 2.80 bits per heavy atom. The highest BCUT2D eigenvalue weighted by Gasteiger charge is 2.23. The van der Waals surface area contributed by atoms with E-state index in [9.17, 15) is 14.4 Å². The van der Waals surface area contributed by atoms with E-state index in [0.29, 0.717) is 17.3 Å². The van der Waals surface area contributed by atoms with Crippen LogP contribution in [-0.2, 0) is 9.59 Å². The Balaban J connectivity index is 2.05. The van der Waals surface area contributed by atoms with Gasteiger partial charge in [0.2, 0.25) is 11.8 Å². The van der Waals surface area contributed by atoms with Crippen LogP contribution in [0.2, 0.25) is 0 Å². The van der Waals surface area contributed by atoms with Crippen LogP contribution in [0.5, 0.6) is 0 Å². The van der Waals surface area contributed by atoms with Crippen LogP contribution >= 0.6 is 11.8 Å². The molecule has 7 heteroatoms. The number of carbonyl (C=O) groups is 3. The van der Waals surface area contributed by atoms with Gasteiger partial charge in [0.05, 0.1) is 17.2 Å². The molecule has 0 bridgehead atoms. The number of hydrogen-bond donors (Lipinski definition) is 2. The number of aromatic carboxylic acids is 1. The van der Waals surface area contributed by atoms with Gasteiger partial charge in [-0.15, -0.1) is 11.8 Å². The third-order valence-electron chi connectivity index (χ3n) is 2.92. The summed E-state index contributed by atoms with van der Waals surface area (Å²) < 4.78 is 0. The van der Waals surface area contributed by atoms with Crippen molar-refractivity contribution >= 4 is 35.2 Å². The molecule has 106 valence electrons. The second-order valence-electron chi connectivity index (χ2n) is 4.45. The molecule has 0 atom stereocenters. The minimum atomic E-state index is -1.05. The van der Waals surface area contributed by atoms with Crippen molar-refractivity contribution in [3.05, 3.63) is 29.3 Å². The number of aryl methyl sites for hydroxylation is 1. The van der Waals surface area contributed by atoms with E-state index in [1.807, 2.05) is 0 Å². The zero-order valence-corrected chi connectivity index (χ0v) is 11.7. The molecule has 20 heavy (non-hydrogen) atoms. The fourth-order valence-electron chi connectivity index (χ4n) is 1.79. The normalized spacial score (nSPS) is 14.4. The lowest BCUT2D eigenvalue weighted by molar-refractivity contribution is -0.130. The van der Waals surface area contributed by atoms with Crippen LogP contribution in [0.3, 0.4) is 0 Å². The van der Waals surface area contributed by atoms with Crippen molar-refractivity contribution in [2.75, 3.05) is 23.5 Å². The lowest BCUT2D eigenvalue weighted by Crippen LogP contribution is -2.34. The minimum Gasteiger partial charge on any atom is -0.478 e. The number of thioether (sulfide) groups is 1. The monoisotopic (exact) mass is 294 g/mol. The van der Waals surface area contributed by atoms with Crippen molar-refractivity contribution in [2.45, 2.75) is 6.92 Å². The first-order valence-electron chi connectivity index (χ1n) is 5.96. The Kier molecular flexibility index (Phi) is 4.29. The van der Waals surface area contributed by atoms with Gasteiger partial charge < -0.3 is 15.3 Å². The molecule has 1 aromatic carbocycles. The number of rotatable bonds is 4. The van der Waals surface area contributed by atoms with Crippen LogP contribution in [0.25, 0.3) is 0 Å². The van der Waals surface area contributed by atoms with Crippen molar-refractivity contribution in [3.8, 4) is 0 Å². The summed E-state index contributed by atoms with van der Waals surface area (Å²) in [5.74, 6) is -0.513. The van der Waals surface area contributed by atoms with Gasteiger partial charge >= 0.3 is 5.97 Å². The van der Waals surface area contributed by atoms with Crippen LogP contribution in [-0.4, -0.2) is 46.0 Å². The van der Waals surface area contributed by atoms with Crippen LogP contribution in [0.15, 0.2) is 18.2 Å². The maximum Gasteiger partial charge on any atom is 0.335 e. The molecule has 1 heterocycles. The zero-order chi connectivity index (χ0) is 14.7. The lowest BCUT2D eigenvalue weighted by Gasteiger charge is -2.15. The molecule has 1 aromatic rings. The van der Waals surface area contributed by atoms with E-state index in [1.54, 1.807) is 13.0 Å². The summed E-state index contributed by atoms with van der Waals surface area (Å²) in [6, 6.07) is 4.53. The van der Waals surface area contributed by atoms with Gasteiger partial charge in [0.15, 0.2) is 0 Å². The summed E-state index contributed by atoms with van der Waals surface area (Å²) in [4.78, 5) is 35.7. The highest BCUT2D eigenvalue weighted by Crippen LogP contribution is 2.18. The highest BCUT2D eigenvalue weighted by atomic mass is 32.2. The number of carboxylic acid groups (broad SMARTS) is 1. The number of hydrogen-bond acceptors (Lipinski definition) is 4. The van der Waals surface area contributed by atoms with Crippen molar-refractivity contribution in [3.63, 3.8) is 0 Å². The maximum atomic E-state index is 11.9. The number of benzene rings is 1. The number of carboxylic acids is 1. The molecule has 2 rings (SSSR count). The summed E-state index contributed by atoms with van der Waals surface area (Å²) in [5, 5.41) is 11.6. The molecule has 0 aromatic heterocycles. The molecule has 0 aliphatic carbocycles. The van der Waals surface area contributed by atoms with E-state index < -0.39 is 5.97 Å². The van der Waals surface area contributed by atoms with Crippen LogP contribution in [0.1, 0.15) is 15.9 Å². The molecule has 1 saturated heterocycles. The molecule has 0 saturated carbocycles. The molecular formula is C13H14N2O4S. The molecule has 1 aliphatic rings. The molecule has 0 radical (unpaired) electrons. The number of carbonyl (C=O) groups excluding carboxylic acids is 2. The number of anilines is 1. The van der Waals surface area contributed by atoms with Gasteiger partial charge in [-0.05, 0) is 24.6 Å². The molecule has 1 aliphatic heterocycles. The maximum absolute atomic E-state index is 11.9. The molecular weight excluding hydrogens is 280 g/mol. The largest absolute Gasteiger partial charge is 0.478 e. The molecule has 6 nitrogen and oxygen atoms in total. The fraction of sp³-hybridized carbons (Fsp3) is 0.308. The van der Waals surface area contributed by atoms with Crippen molar-refractivity contribution < 1.29 is 19.5 Å². The van der Waals surface area contributed by atoms with E-state index >= 15 is 0 Å². The van der Waals surface area contributed by atoms with Crippen molar-refractivity contribution in [1.82, 2.24) is 4.90 Å². The SMILES string of the molecule is Cc1ccc(C(=O)O)cc1NC(=O)CN1CSCC1=O. The van der Waals surface area contributed by atoms with E-state index in [-0.39, 0.29) is 23.9 Å². The van der Waals surface area contributed by atoms with Gasteiger partial charge in [-0.1, -0.05) is 6.07 Å². The Morgan fingerprint density at radius 1 is 1.45 bits per heavy atom. The second kappa shape index (κ2) is 5.96. The smallest absolute Gasteiger partial charge is 0.335 e. The Labute approximate surface area is 120 Å². The lowest BCUT2D eigenvalue weighted by atomic mass is 10.1. The molecule has 0 spiro atoms. The van der Waals surface area contributed by atoms with Gasteiger partial charge in [0.1, 0.15) is 6.54 Å². The molecule has 0 unspecified atom stereocenters. The predicted molar refractivity (Wildman–Crippen MR) is 75.8 cm³/mol. The first-order valence-corrected chi connectivity index (χ1v) is 7.12. The number of nitrogens with zero attached hydrogens (tertiary/aromatic N) is 1. The van der Waals surface area contributed by atoms with E-state index in [2.05, 4.69) is 5.32 Å². The van der Waals surface area contributed by atoms with Gasteiger partial charge in [-0.2, -0.15) is 0 Å². The first-order chi connectivity index (χ1) is 9.47. The minimum absolute atomic E-state index is 0.0113. The topological polar surface area (TPSA) is 86.7 Å². The van der Waals surface area contributed by atoms with Gasteiger partial charge in [-0.3, -0.25) is 9.59 Å². The van der Waals surface area contributed by atoms with Gasteiger partial charge in [-0.25, -0.2) is 4.79 Å². The van der Waals surface area contributed by atoms with E-state index in [0.717, 1.165) is 5.56 Å². The molecule has 2 N–H and O–H groups in total. The predicted octanol–water partition coefficient (Wildman–Crippen LogP) is 1.16. The Bertz CT molecular complexity index is 573.